The summed E-state index contributed by atoms with van der Waals surface area (Å²) in [5, 5.41) is 5.32. The van der Waals surface area contributed by atoms with Crippen LogP contribution in [-0.2, 0) is 12.0 Å². The summed E-state index contributed by atoms with van der Waals surface area (Å²) in [6, 6.07) is 20.0. The summed E-state index contributed by atoms with van der Waals surface area (Å²) in [7, 11) is 0. The fourth-order valence-electron chi connectivity index (χ4n) is 7.39. The largest absolute Gasteiger partial charge is 0.460 e. The van der Waals surface area contributed by atoms with E-state index in [9.17, 15) is 0 Å². The van der Waals surface area contributed by atoms with Crippen molar-refractivity contribution >= 4 is 16.7 Å². The molecule has 0 bridgehead atoms. The molecule has 1 N–H and O–H groups in total. The minimum absolute atomic E-state index is 0.110. The lowest BCUT2D eigenvalue weighted by Gasteiger charge is -2.42. The Morgan fingerprint density at radius 1 is 0.822 bits per heavy atom. The van der Waals surface area contributed by atoms with E-state index in [1.807, 2.05) is 6.07 Å². The Hall–Kier alpha value is -3.79. The van der Waals surface area contributed by atoms with E-state index in [-0.39, 0.29) is 11.6 Å². The highest BCUT2D eigenvalue weighted by Gasteiger charge is 2.42. The lowest BCUT2D eigenvalue weighted by Crippen LogP contribution is -2.39. The van der Waals surface area contributed by atoms with Crippen LogP contribution in [0.3, 0.4) is 0 Å². The number of rotatable bonds is 8. The van der Waals surface area contributed by atoms with Gasteiger partial charge in [-0.05, 0) is 77.0 Å². The van der Waals surface area contributed by atoms with Crippen LogP contribution in [0.4, 0.5) is 5.69 Å². The van der Waals surface area contributed by atoms with E-state index in [0.717, 1.165) is 40.2 Å². The minimum atomic E-state index is -0.299. The standard InChI is InChI=1S/C41H51N3O/c1-12-34-37(30-16-13-14-19-35(30)45-34)33-22-44-40(42-33)39(43-38-28(24(4)5)17-15-18-29(38)25(6)7)36-31(26(8)9)20-27(23(2)3)21-32(36)41(44,10)11/h13-26,39,43H,12H2,1-11H3. The van der Waals surface area contributed by atoms with Gasteiger partial charge < -0.3 is 14.3 Å². The molecule has 0 saturated heterocycles. The lowest BCUT2D eigenvalue weighted by atomic mass is 9.76. The molecule has 0 radical (unpaired) electrons. The Morgan fingerprint density at radius 3 is 2.07 bits per heavy atom. The number of aryl methyl sites for hydroxylation is 1. The molecule has 45 heavy (non-hydrogen) atoms. The zero-order valence-electron chi connectivity index (χ0n) is 29.2. The van der Waals surface area contributed by atoms with Crippen LogP contribution in [0.15, 0.2) is 65.2 Å². The Labute approximate surface area is 270 Å². The molecule has 3 heterocycles. The molecule has 0 amide bonds. The Bertz CT molecular complexity index is 1840. The molecule has 5 aromatic rings. The number of anilines is 1. The van der Waals surface area contributed by atoms with E-state index < -0.39 is 0 Å². The van der Waals surface area contributed by atoms with E-state index in [2.05, 4.69) is 141 Å². The van der Waals surface area contributed by atoms with Crippen LogP contribution in [0.5, 0.6) is 0 Å². The number of imidazole rings is 1. The van der Waals surface area contributed by atoms with Crippen molar-refractivity contribution < 1.29 is 4.42 Å². The van der Waals surface area contributed by atoms with Gasteiger partial charge in [0.05, 0.1) is 16.8 Å². The van der Waals surface area contributed by atoms with Gasteiger partial charge >= 0.3 is 0 Å². The number of para-hydroxylation sites is 2. The van der Waals surface area contributed by atoms with Gasteiger partial charge in [-0.25, -0.2) is 4.98 Å². The number of nitrogens with one attached hydrogen (secondary N) is 1. The van der Waals surface area contributed by atoms with Crippen molar-refractivity contribution in [3.63, 3.8) is 0 Å². The zero-order valence-corrected chi connectivity index (χ0v) is 29.2. The molecule has 2 aromatic heterocycles. The predicted octanol–water partition coefficient (Wildman–Crippen LogP) is 11.7. The van der Waals surface area contributed by atoms with Gasteiger partial charge in [0.1, 0.15) is 23.2 Å². The Balaban J connectivity index is 1.67. The number of benzene rings is 3. The second-order valence-electron chi connectivity index (χ2n) is 14.7. The maximum Gasteiger partial charge on any atom is 0.137 e. The normalized spacial score (nSPS) is 15.8. The van der Waals surface area contributed by atoms with Gasteiger partial charge in [0.15, 0.2) is 0 Å². The fraction of sp³-hybridized carbons (Fsp3) is 0.439. The van der Waals surface area contributed by atoms with Crippen molar-refractivity contribution in [1.82, 2.24) is 9.55 Å². The second kappa shape index (κ2) is 11.5. The van der Waals surface area contributed by atoms with Crippen molar-refractivity contribution in [2.45, 2.75) is 118 Å². The van der Waals surface area contributed by atoms with Gasteiger partial charge in [-0.2, -0.15) is 0 Å². The smallest absolute Gasteiger partial charge is 0.137 e. The molecule has 1 aliphatic heterocycles. The van der Waals surface area contributed by atoms with Crippen molar-refractivity contribution in [2.75, 3.05) is 5.32 Å². The summed E-state index contributed by atoms with van der Waals surface area (Å²) in [6.45, 7) is 25.4. The molecule has 236 valence electrons. The van der Waals surface area contributed by atoms with Crippen LogP contribution in [0.1, 0.15) is 151 Å². The minimum Gasteiger partial charge on any atom is -0.460 e. The van der Waals surface area contributed by atoms with Crippen LogP contribution >= 0.6 is 0 Å². The molecule has 0 aliphatic carbocycles. The monoisotopic (exact) mass is 601 g/mol. The van der Waals surface area contributed by atoms with E-state index in [1.54, 1.807) is 0 Å². The molecular formula is C41H51N3O. The topological polar surface area (TPSA) is 43.0 Å². The van der Waals surface area contributed by atoms with E-state index in [4.69, 9.17) is 9.40 Å². The Kier molecular flexibility index (Phi) is 8.00. The van der Waals surface area contributed by atoms with Crippen molar-refractivity contribution in [1.29, 1.82) is 0 Å². The third-order valence-corrected chi connectivity index (χ3v) is 9.97. The Morgan fingerprint density at radius 2 is 1.47 bits per heavy atom. The first-order chi connectivity index (χ1) is 21.3. The molecular weight excluding hydrogens is 550 g/mol. The summed E-state index contributed by atoms with van der Waals surface area (Å²) >= 11 is 0. The van der Waals surface area contributed by atoms with Crippen LogP contribution in [-0.4, -0.2) is 9.55 Å². The van der Waals surface area contributed by atoms with Crippen LogP contribution < -0.4 is 5.32 Å². The summed E-state index contributed by atoms with van der Waals surface area (Å²) in [6.07, 6.45) is 3.10. The fourth-order valence-corrected chi connectivity index (χ4v) is 7.39. The summed E-state index contributed by atoms with van der Waals surface area (Å²) in [4.78, 5) is 5.57. The summed E-state index contributed by atoms with van der Waals surface area (Å²) < 4.78 is 8.83. The molecule has 0 fully saturated rings. The molecule has 3 aromatic carbocycles. The van der Waals surface area contributed by atoms with E-state index in [0.29, 0.717) is 23.7 Å². The first-order valence-corrected chi connectivity index (χ1v) is 17.0. The van der Waals surface area contributed by atoms with Crippen LogP contribution in [0, 0.1) is 0 Å². The van der Waals surface area contributed by atoms with Gasteiger partial charge in [0, 0.05) is 23.7 Å². The number of hydrogen-bond acceptors (Lipinski definition) is 3. The highest BCUT2D eigenvalue weighted by molar-refractivity contribution is 5.94. The van der Waals surface area contributed by atoms with Crippen molar-refractivity contribution in [3.05, 3.63) is 106 Å². The quantitative estimate of drug-likeness (QED) is 0.192. The predicted molar refractivity (Wildman–Crippen MR) is 190 cm³/mol. The highest BCUT2D eigenvalue weighted by atomic mass is 16.3. The molecule has 6 rings (SSSR count). The average molecular weight is 602 g/mol. The lowest BCUT2D eigenvalue weighted by molar-refractivity contribution is 0.389. The highest BCUT2D eigenvalue weighted by Crippen LogP contribution is 2.49. The summed E-state index contributed by atoms with van der Waals surface area (Å²) in [5.41, 5.74) is 12.2. The SMILES string of the molecule is CCc1oc2ccccc2c1-c1cn2c(n1)C(Nc1c(C(C)C)cccc1C(C)C)c1c(C(C)C)cc(C(C)C)cc1C2(C)C. The van der Waals surface area contributed by atoms with Crippen LogP contribution in [0.2, 0.25) is 0 Å². The first kappa shape index (κ1) is 31.2. The molecule has 1 unspecified atom stereocenters. The van der Waals surface area contributed by atoms with Gasteiger partial charge in [0.2, 0.25) is 0 Å². The molecule has 4 heteroatoms. The van der Waals surface area contributed by atoms with E-state index >= 15 is 0 Å². The van der Waals surface area contributed by atoms with Gasteiger partial charge in [-0.3, -0.25) is 0 Å². The third kappa shape index (κ3) is 5.11. The van der Waals surface area contributed by atoms with Gasteiger partial charge in [-0.1, -0.05) is 111 Å². The molecule has 0 saturated carbocycles. The molecule has 4 nitrogen and oxygen atoms in total. The molecule has 1 aliphatic rings. The van der Waals surface area contributed by atoms with Crippen molar-refractivity contribution in [2.24, 2.45) is 0 Å². The van der Waals surface area contributed by atoms with Crippen molar-refractivity contribution in [3.8, 4) is 11.3 Å². The zero-order chi connectivity index (χ0) is 32.4. The number of aromatic nitrogens is 2. The second-order valence-corrected chi connectivity index (χ2v) is 14.7. The number of hydrogen-bond donors (Lipinski definition) is 1. The number of furan rings is 1. The van der Waals surface area contributed by atoms with Gasteiger partial charge in [-0.15, -0.1) is 0 Å². The number of nitrogens with zero attached hydrogens (tertiary/aromatic N) is 2. The maximum atomic E-state index is 6.38. The molecule has 1 atom stereocenters. The van der Waals surface area contributed by atoms with E-state index in [1.165, 1.54) is 39.1 Å². The number of fused-ring (bicyclic) bond motifs is 3. The average Bonchev–Trinajstić information content (AvgIpc) is 3.61. The van der Waals surface area contributed by atoms with Gasteiger partial charge in [0.25, 0.3) is 0 Å². The van der Waals surface area contributed by atoms with Crippen LogP contribution in [0.25, 0.3) is 22.2 Å². The molecule has 0 spiro atoms. The maximum absolute atomic E-state index is 6.38. The summed E-state index contributed by atoms with van der Waals surface area (Å²) in [5.74, 6) is 3.63. The third-order valence-electron chi connectivity index (χ3n) is 9.97. The first-order valence-electron chi connectivity index (χ1n) is 17.0.